The van der Waals surface area contributed by atoms with Gasteiger partial charge in [-0.15, -0.1) is 0 Å². The summed E-state index contributed by atoms with van der Waals surface area (Å²) in [6.07, 6.45) is 4.15. The average Bonchev–Trinajstić information content (AvgIpc) is 2.94. The third-order valence-electron chi connectivity index (χ3n) is 3.75. The van der Waals surface area contributed by atoms with Gasteiger partial charge in [-0.3, -0.25) is 0 Å². The first-order chi connectivity index (χ1) is 6.80. The minimum absolute atomic E-state index is 0.689. The Morgan fingerprint density at radius 2 is 1.93 bits per heavy atom. The second-order valence-corrected chi connectivity index (χ2v) is 4.61. The van der Waals surface area contributed by atoms with Crippen molar-refractivity contribution in [3.8, 4) is 0 Å². The Bertz CT molecular complexity index is 327. The molecule has 1 aromatic carbocycles. The fourth-order valence-corrected chi connectivity index (χ4v) is 2.69. The first kappa shape index (κ1) is 9.76. The van der Waals surface area contributed by atoms with Crippen molar-refractivity contribution in [2.45, 2.75) is 46.0 Å². The van der Waals surface area contributed by atoms with Gasteiger partial charge >= 0.3 is 0 Å². The maximum atomic E-state index is 2.44. The Morgan fingerprint density at radius 1 is 1.21 bits per heavy atom. The van der Waals surface area contributed by atoms with Gasteiger partial charge in [0.25, 0.3) is 0 Å². The van der Waals surface area contributed by atoms with E-state index in [2.05, 4.69) is 31.2 Å². The van der Waals surface area contributed by atoms with Gasteiger partial charge in [0.15, 0.2) is 0 Å². The number of aryl methyl sites for hydroxylation is 1. The molecular formula is C14H20. The standard InChI is InChI=1S/C12H14.C2H6/c1-12-7-6-9-4-2-3-5-10(9)11(12)8-12;1-2/h2-5,11H,6-8H2,1H3;1-2H3. The molecule has 0 aromatic heterocycles. The smallest absolute Gasteiger partial charge is 0.00995 e. The summed E-state index contributed by atoms with van der Waals surface area (Å²) in [7, 11) is 0. The topological polar surface area (TPSA) is 0 Å². The van der Waals surface area contributed by atoms with Crippen LogP contribution in [0.25, 0.3) is 0 Å². The number of hydrogen-bond donors (Lipinski definition) is 0. The van der Waals surface area contributed by atoms with Gasteiger partial charge in [-0.1, -0.05) is 45.0 Å². The quantitative estimate of drug-likeness (QED) is 0.573. The minimum Gasteiger partial charge on any atom is -0.0683 e. The van der Waals surface area contributed by atoms with Crippen molar-refractivity contribution in [3.63, 3.8) is 0 Å². The molecule has 0 spiro atoms. The third-order valence-corrected chi connectivity index (χ3v) is 3.75. The van der Waals surface area contributed by atoms with Gasteiger partial charge in [-0.25, -0.2) is 0 Å². The van der Waals surface area contributed by atoms with Gasteiger partial charge in [-0.05, 0) is 41.7 Å². The van der Waals surface area contributed by atoms with E-state index < -0.39 is 0 Å². The lowest BCUT2D eigenvalue weighted by molar-refractivity contribution is 0.478. The van der Waals surface area contributed by atoms with Crippen LogP contribution in [0.5, 0.6) is 0 Å². The van der Waals surface area contributed by atoms with Crippen LogP contribution in [-0.4, -0.2) is 0 Å². The first-order valence-corrected chi connectivity index (χ1v) is 5.87. The van der Waals surface area contributed by atoms with E-state index in [0.29, 0.717) is 5.41 Å². The van der Waals surface area contributed by atoms with Gasteiger partial charge in [-0.2, -0.15) is 0 Å². The fraction of sp³-hybridized carbons (Fsp3) is 0.571. The summed E-state index contributed by atoms with van der Waals surface area (Å²) in [5.41, 5.74) is 3.94. The van der Waals surface area contributed by atoms with Crippen LogP contribution in [-0.2, 0) is 6.42 Å². The largest absolute Gasteiger partial charge is 0.0683 e. The van der Waals surface area contributed by atoms with E-state index in [1.54, 1.807) is 11.1 Å². The molecule has 76 valence electrons. The molecule has 0 radical (unpaired) electrons. The molecule has 0 amide bonds. The van der Waals surface area contributed by atoms with Crippen LogP contribution in [0.1, 0.15) is 50.7 Å². The van der Waals surface area contributed by atoms with Crippen LogP contribution < -0.4 is 0 Å². The van der Waals surface area contributed by atoms with Crippen molar-refractivity contribution in [2.24, 2.45) is 5.41 Å². The van der Waals surface area contributed by atoms with Gasteiger partial charge in [0.2, 0.25) is 0 Å². The Labute approximate surface area is 87.3 Å². The molecule has 0 saturated heterocycles. The summed E-state index contributed by atoms with van der Waals surface area (Å²) >= 11 is 0. The van der Waals surface area contributed by atoms with Crippen molar-refractivity contribution in [1.29, 1.82) is 0 Å². The van der Waals surface area contributed by atoms with E-state index in [1.807, 2.05) is 13.8 Å². The van der Waals surface area contributed by atoms with Crippen LogP contribution in [0, 0.1) is 5.41 Å². The van der Waals surface area contributed by atoms with Crippen molar-refractivity contribution < 1.29 is 0 Å². The predicted molar refractivity (Wildman–Crippen MR) is 61.6 cm³/mol. The van der Waals surface area contributed by atoms with Gasteiger partial charge < -0.3 is 0 Å². The van der Waals surface area contributed by atoms with E-state index in [1.165, 1.54) is 19.3 Å². The monoisotopic (exact) mass is 188 g/mol. The van der Waals surface area contributed by atoms with Crippen LogP contribution in [0.2, 0.25) is 0 Å². The van der Waals surface area contributed by atoms with Crippen molar-refractivity contribution in [3.05, 3.63) is 35.4 Å². The Balaban J connectivity index is 0.000000354. The number of fused-ring (bicyclic) bond motifs is 3. The van der Waals surface area contributed by atoms with Gasteiger partial charge in [0, 0.05) is 0 Å². The Morgan fingerprint density at radius 3 is 2.71 bits per heavy atom. The van der Waals surface area contributed by atoms with Crippen molar-refractivity contribution in [1.82, 2.24) is 0 Å². The molecule has 3 rings (SSSR count). The van der Waals surface area contributed by atoms with E-state index in [-0.39, 0.29) is 0 Å². The zero-order chi connectivity index (χ0) is 10.2. The highest BCUT2D eigenvalue weighted by atomic mass is 14.6. The second kappa shape index (κ2) is 3.42. The molecule has 0 bridgehead atoms. The summed E-state index contributed by atoms with van der Waals surface area (Å²) in [5, 5.41) is 0. The highest BCUT2D eigenvalue weighted by molar-refractivity contribution is 5.39. The summed E-state index contributed by atoms with van der Waals surface area (Å²) in [6.45, 7) is 6.44. The normalized spacial score (nSPS) is 32.1. The van der Waals surface area contributed by atoms with E-state index in [0.717, 1.165) is 5.92 Å². The second-order valence-electron chi connectivity index (χ2n) is 4.61. The molecule has 0 N–H and O–H groups in total. The van der Waals surface area contributed by atoms with Crippen molar-refractivity contribution in [2.75, 3.05) is 0 Å². The molecule has 2 aliphatic carbocycles. The number of rotatable bonds is 0. The molecule has 0 nitrogen and oxygen atoms in total. The molecule has 1 fully saturated rings. The number of hydrogen-bond acceptors (Lipinski definition) is 0. The molecule has 2 unspecified atom stereocenters. The zero-order valence-corrected chi connectivity index (χ0v) is 9.51. The van der Waals surface area contributed by atoms with Crippen LogP contribution >= 0.6 is 0 Å². The van der Waals surface area contributed by atoms with Crippen LogP contribution in [0.4, 0.5) is 0 Å². The summed E-state index contributed by atoms with van der Waals surface area (Å²) in [4.78, 5) is 0. The highest BCUT2D eigenvalue weighted by Crippen LogP contribution is 2.64. The molecule has 14 heavy (non-hydrogen) atoms. The molecule has 0 heteroatoms. The Hall–Kier alpha value is -0.780. The number of benzene rings is 1. The third kappa shape index (κ3) is 1.37. The molecule has 1 aromatic rings. The average molecular weight is 188 g/mol. The SMILES string of the molecule is CC.CC12CCc3ccccc3C1C2. The van der Waals surface area contributed by atoms with Gasteiger partial charge in [0.05, 0.1) is 0 Å². The summed E-state index contributed by atoms with van der Waals surface area (Å²) < 4.78 is 0. The molecule has 2 atom stereocenters. The lowest BCUT2D eigenvalue weighted by Crippen LogP contribution is -2.08. The first-order valence-electron chi connectivity index (χ1n) is 5.87. The summed E-state index contributed by atoms with van der Waals surface area (Å²) in [6, 6.07) is 8.98. The summed E-state index contributed by atoms with van der Waals surface area (Å²) in [5.74, 6) is 0.905. The Kier molecular flexibility index (Phi) is 2.38. The predicted octanol–water partition coefficient (Wildman–Crippen LogP) is 4.15. The van der Waals surface area contributed by atoms with E-state index in [4.69, 9.17) is 0 Å². The van der Waals surface area contributed by atoms with Gasteiger partial charge in [0.1, 0.15) is 0 Å². The fourth-order valence-electron chi connectivity index (χ4n) is 2.69. The zero-order valence-electron chi connectivity index (χ0n) is 9.51. The molecular weight excluding hydrogens is 168 g/mol. The van der Waals surface area contributed by atoms with Crippen LogP contribution in [0.3, 0.4) is 0 Å². The van der Waals surface area contributed by atoms with Crippen molar-refractivity contribution >= 4 is 0 Å². The molecule has 1 saturated carbocycles. The van der Waals surface area contributed by atoms with Crippen LogP contribution in [0.15, 0.2) is 24.3 Å². The molecule has 0 heterocycles. The highest BCUT2D eigenvalue weighted by Gasteiger charge is 2.52. The lowest BCUT2D eigenvalue weighted by Gasteiger charge is -2.20. The van der Waals surface area contributed by atoms with E-state index >= 15 is 0 Å². The lowest BCUT2D eigenvalue weighted by atomic mass is 9.85. The maximum absolute atomic E-state index is 2.44. The molecule has 0 aliphatic heterocycles. The minimum atomic E-state index is 0.689. The van der Waals surface area contributed by atoms with E-state index in [9.17, 15) is 0 Å². The maximum Gasteiger partial charge on any atom is -0.00995 e. The molecule has 2 aliphatic rings.